The Kier molecular flexibility index (Phi) is 7.59. The summed E-state index contributed by atoms with van der Waals surface area (Å²) in [5.41, 5.74) is 13.8. The molecule has 0 aromatic heterocycles. The Morgan fingerprint density at radius 1 is 1.06 bits per heavy atom. The Labute approximate surface area is 110 Å². The molecule has 0 aliphatic heterocycles. The van der Waals surface area contributed by atoms with Gasteiger partial charge in [0.15, 0.2) is 0 Å². The number of anilines is 1. The molecule has 6 N–H and O–H groups in total. The molecule has 1 aromatic carbocycles. The minimum absolute atomic E-state index is 0.177. The molecule has 4 heteroatoms. The average molecular weight is 254 g/mol. The monoisotopic (exact) mass is 254 g/mol. The Balaban J connectivity index is 0.000000360. The molecule has 1 rings (SSSR count). The SMILES string of the molecule is CC(N)(CO)CO.CCc1cccc(CC)c1N. The molecule has 0 radical (unpaired) electrons. The second kappa shape index (κ2) is 8.08. The number of aliphatic hydroxyl groups excluding tert-OH is 2. The van der Waals surface area contributed by atoms with Gasteiger partial charge in [-0.3, -0.25) is 0 Å². The summed E-state index contributed by atoms with van der Waals surface area (Å²) in [6.07, 6.45) is 2.05. The van der Waals surface area contributed by atoms with Crippen molar-refractivity contribution in [1.29, 1.82) is 0 Å². The van der Waals surface area contributed by atoms with E-state index in [-0.39, 0.29) is 13.2 Å². The third-order valence-corrected chi connectivity index (χ3v) is 2.77. The maximum Gasteiger partial charge on any atom is 0.0631 e. The van der Waals surface area contributed by atoms with E-state index in [9.17, 15) is 0 Å². The van der Waals surface area contributed by atoms with Gasteiger partial charge in [0.2, 0.25) is 0 Å². The average Bonchev–Trinajstić information content (AvgIpc) is 2.40. The van der Waals surface area contributed by atoms with E-state index >= 15 is 0 Å². The van der Waals surface area contributed by atoms with E-state index in [1.807, 2.05) is 0 Å². The molecule has 0 saturated carbocycles. The molecule has 1 aromatic rings. The Hall–Kier alpha value is -1.10. The number of nitrogens with two attached hydrogens (primary N) is 2. The maximum absolute atomic E-state index is 8.31. The third-order valence-electron chi connectivity index (χ3n) is 2.77. The number of aliphatic hydroxyl groups is 2. The largest absolute Gasteiger partial charge is 0.398 e. The van der Waals surface area contributed by atoms with Crippen molar-refractivity contribution in [3.8, 4) is 0 Å². The van der Waals surface area contributed by atoms with Gasteiger partial charge in [0.25, 0.3) is 0 Å². The number of hydrogen-bond acceptors (Lipinski definition) is 4. The summed E-state index contributed by atoms with van der Waals surface area (Å²) >= 11 is 0. The predicted octanol–water partition coefficient (Wildman–Crippen LogP) is 1.08. The number of aryl methyl sites for hydroxylation is 2. The van der Waals surface area contributed by atoms with Gasteiger partial charge < -0.3 is 21.7 Å². The van der Waals surface area contributed by atoms with Crippen molar-refractivity contribution in [3.05, 3.63) is 29.3 Å². The molecule has 104 valence electrons. The second-order valence-corrected chi connectivity index (χ2v) is 4.67. The molecule has 0 spiro atoms. The minimum Gasteiger partial charge on any atom is -0.398 e. The van der Waals surface area contributed by atoms with Crippen molar-refractivity contribution >= 4 is 5.69 Å². The fraction of sp³-hybridized carbons (Fsp3) is 0.571. The zero-order valence-corrected chi connectivity index (χ0v) is 11.6. The standard InChI is InChI=1S/C10H15N.C4H11NO2/c1-3-8-6-5-7-9(4-2)10(8)11;1-4(5,2-6)3-7/h5-7H,3-4,11H2,1-2H3;6-7H,2-3,5H2,1H3. The molecule has 18 heavy (non-hydrogen) atoms. The first-order chi connectivity index (χ1) is 8.41. The van der Waals surface area contributed by atoms with Crippen LogP contribution in [0.2, 0.25) is 0 Å². The lowest BCUT2D eigenvalue weighted by atomic mass is 10.0. The number of para-hydroxylation sites is 1. The lowest BCUT2D eigenvalue weighted by Gasteiger charge is -2.16. The van der Waals surface area contributed by atoms with Crippen molar-refractivity contribution in [2.45, 2.75) is 39.2 Å². The highest BCUT2D eigenvalue weighted by atomic mass is 16.3. The summed E-state index contributed by atoms with van der Waals surface area (Å²) in [7, 11) is 0. The maximum atomic E-state index is 8.31. The summed E-state index contributed by atoms with van der Waals surface area (Å²) in [4.78, 5) is 0. The van der Waals surface area contributed by atoms with E-state index in [1.165, 1.54) is 11.1 Å². The van der Waals surface area contributed by atoms with Crippen LogP contribution >= 0.6 is 0 Å². The van der Waals surface area contributed by atoms with Gasteiger partial charge in [0, 0.05) is 5.69 Å². The van der Waals surface area contributed by atoms with Crippen LogP contribution in [0.1, 0.15) is 31.9 Å². The van der Waals surface area contributed by atoms with Crippen LogP contribution in [0.5, 0.6) is 0 Å². The molecule has 0 heterocycles. The van der Waals surface area contributed by atoms with Gasteiger partial charge in [-0.2, -0.15) is 0 Å². The third kappa shape index (κ3) is 5.49. The topological polar surface area (TPSA) is 92.5 Å². The van der Waals surface area contributed by atoms with Gasteiger partial charge in [-0.05, 0) is 30.9 Å². The molecule has 0 aliphatic carbocycles. The fourth-order valence-electron chi connectivity index (χ4n) is 1.33. The quantitative estimate of drug-likeness (QED) is 0.605. The first-order valence-corrected chi connectivity index (χ1v) is 6.28. The molecule has 4 nitrogen and oxygen atoms in total. The van der Waals surface area contributed by atoms with Crippen LogP contribution in [0, 0.1) is 0 Å². The predicted molar refractivity (Wildman–Crippen MR) is 76.4 cm³/mol. The van der Waals surface area contributed by atoms with Gasteiger partial charge in [-0.15, -0.1) is 0 Å². The summed E-state index contributed by atoms with van der Waals surface area (Å²) in [5.74, 6) is 0. The second-order valence-electron chi connectivity index (χ2n) is 4.67. The Morgan fingerprint density at radius 2 is 1.44 bits per heavy atom. The smallest absolute Gasteiger partial charge is 0.0631 e. The molecule has 0 unspecified atom stereocenters. The number of hydrogen-bond donors (Lipinski definition) is 4. The van der Waals surface area contributed by atoms with E-state index in [4.69, 9.17) is 21.7 Å². The summed E-state index contributed by atoms with van der Waals surface area (Å²) in [6.45, 7) is 5.48. The number of rotatable bonds is 4. The van der Waals surface area contributed by atoms with E-state index in [2.05, 4.69) is 32.0 Å². The van der Waals surface area contributed by atoms with Gasteiger partial charge in [0.1, 0.15) is 0 Å². The molecule has 0 saturated heterocycles. The zero-order chi connectivity index (χ0) is 14.2. The lowest BCUT2D eigenvalue weighted by Crippen LogP contribution is -2.43. The highest BCUT2D eigenvalue weighted by Crippen LogP contribution is 2.17. The summed E-state index contributed by atoms with van der Waals surface area (Å²) < 4.78 is 0. The molecule has 0 amide bonds. The van der Waals surface area contributed by atoms with Crippen molar-refractivity contribution in [2.75, 3.05) is 18.9 Å². The van der Waals surface area contributed by atoms with E-state index in [0.29, 0.717) is 0 Å². The minimum atomic E-state index is -0.806. The molecule has 0 bridgehead atoms. The van der Waals surface area contributed by atoms with Crippen LogP contribution < -0.4 is 11.5 Å². The van der Waals surface area contributed by atoms with Gasteiger partial charge in [-0.25, -0.2) is 0 Å². The van der Waals surface area contributed by atoms with Crippen molar-refractivity contribution in [3.63, 3.8) is 0 Å². The highest BCUT2D eigenvalue weighted by Gasteiger charge is 2.13. The van der Waals surface area contributed by atoms with Crippen LogP contribution in [-0.4, -0.2) is 29.0 Å². The van der Waals surface area contributed by atoms with Crippen LogP contribution in [0.4, 0.5) is 5.69 Å². The number of nitrogen functional groups attached to an aromatic ring is 1. The van der Waals surface area contributed by atoms with Crippen molar-refractivity contribution in [2.24, 2.45) is 5.73 Å². The first kappa shape index (κ1) is 16.9. The molecule has 0 aliphatic rings. The molecule has 0 atom stereocenters. The van der Waals surface area contributed by atoms with Crippen molar-refractivity contribution < 1.29 is 10.2 Å². The lowest BCUT2D eigenvalue weighted by molar-refractivity contribution is 0.134. The van der Waals surface area contributed by atoms with Gasteiger partial charge in [-0.1, -0.05) is 32.0 Å². The number of benzene rings is 1. The van der Waals surface area contributed by atoms with Crippen LogP contribution in [0.25, 0.3) is 0 Å². The van der Waals surface area contributed by atoms with Crippen LogP contribution in [-0.2, 0) is 12.8 Å². The Bertz CT molecular complexity index is 323. The first-order valence-electron chi connectivity index (χ1n) is 6.28. The van der Waals surface area contributed by atoms with Crippen LogP contribution in [0.15, 0.2) is 18.2 Å². The zero-order valence-electron chi connectivity index (χ0n) is 11.6. The normalized spacial score (nSPS) is 10.8. The van der Waals surface area contributed by atoms with E-state index in [1.54, 1.807) is 6.92 Å². The summed E-state index contributed by atoms with van der Waals surface area (Å²) in [5, 5.41) is 16.6. The van der Waals surface area contributed by atoms with E-state index in [0.717, 1.165) is 18.5 Å². The van der Waals surface area contributed by atoms with Crippen LogP contribution in [0.3, 0.4) is 0 Å². The van der Waals surface area contributed by atoms with Gasteiger partial charge >= 0.3 is 0 Å². The molecular formula is C14H26N2O2. The van der Waals surface area contributed by atoms with Gasteiger partial charge in [0.05, 0.1) is 18.8 Å². The highest BCUT2D eigenvalue weighted by molar-refractivity contribution is 5.53. The van der Waals surface area contributed by atoms with E-state index < -0.39 is 5.54 Å². The molecular weight excluding hydrogens is 228 g/mol. The Morgan fingerprint density at radius 3 is 1.67 bits per heavy atom. The fourth-order valence-corrected chi connectivity index (χ4v) is 1.33. The van der Waals surface area contributed by atoms with Crippen molar-refractivity contribution in [1.82, 2.24) is 0 Å². The molecule has 0 fully saturated rings. The summed E-state index contributed by atoms with van der Waals surface area (Å²) in [6, 6.07) is 6.26.